The van der Waals surface area contributed by atoms with Crippen LogP contribution in [0.4, 0.5) is 0 Å². The van der Waals surface area contributed by atoms with Crippen molar-refractivity contribution in [3.8, 4) is 0 Å². The molecule has 1 saturated carbocycles. The molecule has 4 nitrogen and oxygen atoms in total. The molecule has 0 saturated heterocycles. The van der Waals surface area contributed by atoms with E-state index in [2.05, 4.69) is 10.6 Å². The average molecular weight is 419 g/mol. The minimum Gasteiger partial charge on any atom is -0.352 e. The molecule has 0 aromatic heterocycles. The zero-order chi connectivity index (χ0) is 19.9. The Morgan fingerprint density at radius 3 is 1.54 bits per heavy atom. The van der Waals surface area contributed by atoms with Gasteiger partial charge in [0, 0.05) is 34.3 Å². The van der Waals surface area contributed by atoms with E-state index in [1.807, 2.05) is 0 Å². The molecular formula is C22H24Cl2N2O2. The van der Waals surface area contributed by atoms with E-state index in [9.17, 15) is 9.59 Å². The Morgan fingerprint density at radius 1 is 0.750 bits per heavy atom. The number of nitrogens with one attached hydrogen (secondary N) is 2. The second kappa shape index (κ2) is 9.94. The van der Waals surface area contributed by atoms with Gasteiger partial charge in [-0.2, -0.15) is 0 Å². The van der Waals surface area contributed by atoms with Crippen LogP contribution in [-0.2, 0) is 0 Å². The maximum absolute atomic E-state index is 12.3. The quantitative estimate of drug-likeness (QED) is 0.696. The molecule has 6 heteroatoms. The van der Waals surface area contributed by atoms with Crippen molar-refractivity contribution in [1.82, 2.24) is 10.6 Å². The maximum atomic E-state index is 12.3. The Hall–Kier alpha value is -2.04. The molecule has 28 heavy (non-hydrogen) atoms. The third kappa shape index (κ3) is 5.98. The molecule has 3 rings (SSSR count). The van der Waals surface area contributed by atoms with Crippen molar-refractivity contribution in [2.45, 2.75) is 25.7 Å². The minimum atomic E-state index is -0.0742. The van der Waals surface area contributed by atoms with Gasteiger partial charge in [0.1, 0.15) is 0 Å². The van der Waals surface area contributed by atoms with E-state index in [1.165, 1.54) is 0 Å². The van der Waals surface area contributed by atoms with E-state index >= 15 is 0 Å². The topological polar surface area (TPSA) is 58.2 Å². The summed E-state index contributed by atoms with van der Waals surface area (Å²) >= 11 is 11.7. The van der Waals surface area contributed by atoms with E-state index in [0.717, 1.165) is 25.7 Å². The number of rotatable bonds is 6. The van der Waals surface area contributed by atoms with Crippen molar-refractivity contribution in [3.05, 3.63) is 69.7 Å². The van der Waals surface area contributed by atoms with Crippen LogP contribution in [0.2, 0.25) is 10.0 Å². The second-order valence-corrected chi connectivity index (χ2v) is 8.21. The number of halogens is 2. The monoisotopic (exact) mass is 418 g/mol. The molecular weight excluding hydrogens is 395 g/mol. The normalized spacial score (nSPS) is 19.1. The zero-order valence-corrected chi connectivity index (χ0v) is 17.1. The highest BCUT2D eigenvalue weighted by atomic mass is 35.5. The summed E-state index contributed by atoms with van der Waals surface area (Å²) in [7, 11) is 0. The van der Waals surface area contributed by atoms with Gasteiger partial charge in [-0.1, -0.05) is 29.6 Å². The fourth-order valence-corrected chi connectivity index (χ4v) is 3.91. The van der Waals surface area contributed by atoms with E-state index in [-0.39, 0.29) is 11.8 Å². The fourth-order valence-electron chi connectivity index (χ4n) is 3.65. The lowest BCUT2D eigenvalue weighted by molar-refractivity contribution is 0.0935. The molecule has 1 aliphatic carbocycles. The molecule has 2 aromatic rings. The lowest BCUT2D eigenvalue weighted by atomic mass is 9.81. The summed E-state index contributed by atoms with van der Waals surface area (Å²) in [6.07, 6.45) is 4.32. The van der Waals surface area contributed by atoms with Crippen LogP contribution in [0.25, 0.3) is 0 Å². The van der Waals surface area contributed by atoms with Crippen molar-refractivity contribution in [2.75, 3.05) is 13.1 Å². The first-order valence-electron chi connectivity index (χ1n) is 9.59. The summed E-state index contributed by atoms with van der Waals surface area (Å²) in [5.74, 6) is 0.717. The van der Waals surface area contributed by atoms with Crippen molar-refractivity contribution in [3.63, 3.8) is 0 Å². The van der Waals surface area contributed by atoms with Gasteiger partial charge in [-0.15, -0.1) is 0 Å². The highest BCUT2D eigenvalue weighted by Gasteiger charge is 2.23. The molecule has 1 fully saturated rings. The first-order valence-corrected chi connectivity index (χ1v) is 10.3. The van der Waals surface area contributed by atoms with E-state index in [0.29, 0.717) is 46.1 Å². The van der Waals surface area contributed by atoms with Gasteiger partial charge in [-0.25, -0.2) is 0 Å². The maximum Gasteiger partial charge on any atom is 0.251 e. The van der Waals surface area contributed by atoms with Crippen LogP contribution in [0.3, 0.4) is 0 Å². The number of carbonyl (C=O) groups excluding carboxylic acids is 2. The van der Waals surface area contributed by atoms with Crippen LogP contribution in [0.1, 0.15) is 46.4 Å². The Kier molecular flexibility index (Phi) is 7.35. The van der Waals surface area contributed by atoms with Gasteiger partial charge in [-0.3, -0.25) is 9.59 Å². The fraction of sp³-hybridized carbons (Fsp3) is 0.364. The largest absolute Gasteiger partial charge is 0.352 e. The van der Waals surface area contributed by atoms with Gasteiger partial charge < -0.3 is 10.6 Å². The molecule has 0 radical (unpaired) electrons. The van der Waals surface area contributed by atoms with Gasteiger partial charge >= 0.3 is 0 Å². The number of benzene rings is 2. The predicted octanol–water partition coefficient (Wildman–Crippen LogP) is 4.96. The molecule has 0 spiro atoms. The Balaban J connectivity index is 1.43. The summed E-state index contributed by atoms with van der Waals surface area (Å²) in [5.41, 5.74) is 1.24. The van der Waals surface area contributed by atoms with Crippen LogP contribution in [0.15, 0.2) is 48.5 Å². The standard InChI is InChI=1S/C22H24Cl2N2O2/c23-19-8-4-17(5-9-19)21(27)25-13-15-2-1-3-16(12-15)14-26-22(28)18-6-10-20(24)11-7-18/h4-11,15-16H,1-3,12-14H2,(H,25,27)(H,26,28)/t15-,16-/m1/s1. The second-order valence-electron chi connectivity index (χ2n) is 7.33. The van der Waals surface area contributed by atoms with E-state index < -0.39 is 0 Å². The highest BCUT2D eigenvalue weighted by molar-refractivity contribution is 6.31. The summed E-state index contributed by atoms with van der Waals surface area (Å²) in [5, 5.41) is 7.28. The van der Waals surface area contributed by atoms with Crippen molar-refractivity contribution in [2.24, 2.45) is 11.8 Å². The van der Waals surface area contributed by atoms with Crippen LogP contribution in [0, 0.1) is 11.8 Å². The van der Waals surface area contributed by atoms with Crippen LogP contribution in [-0.4, -0.2) is 24.9 Å². The van der Waals surface area contributed by atoms with Crippen molar-refractivity contribution in [1.29, 1.82) is 0 Å². The van der Waals surface area contributed by atoms with Crippen molar-refractivity contribution >= 4 is 35.0 Å². The van der Waals surface area contributed by atoms with Gasteiger partial charge in [0.2, 0.25) is 0 Å². The minimum absolute atomic E-state index is 0.0742. The molecule has 0 unspecified atom stereocenters. The number of hydrogen-bond donors (Lipinski definition) is 2. The van der Waals surface area contributed by atoms with Crippen LogP contribution >= 0.6 is 23.2 Å². The number of amides is 2. The van der Waals surface area contributed by atoms with Gasteiger partial charge in [0.15, 0.2) is 0 Å². The molecule has 2 amide bonds. The number of carbonyl (C=O) groups is 2. The van der Waals surface area contributed by atoms with Crippen molar-refractivity contribution < 1.29 is 9.59 Å². The molecule has 148 valence electrons. The summed E-state index contributed by atoms with van der Waals surface area (Å²) in [4.78, 5) is 24.5. The summed E-state index contributed by atoms with van der Waals surface area (Å²) < 4.78 is 0. The molecule has 0 heterocycles. The highest BCUT2D eigenvalue weighted by Crippen LogP contribution is 2.28. The third-order valence-electron chi connectivity index (χ3n) is 5.21. The molecule has 2 N–H and O–H groups in total. The zero-order valence-electron chi connectivity index (χ0n) is 15.6. The van der Waals surface area contributed by atoms with E-state index in [1.54, 1.807) is 48.5 Å². The molecule has 1 aliphatic rings. The molecule has 2 atom stereocenters. The van der Waals surface area contributed by atoms with Gasteiger partial charge in [0.25, 0.3) is 11.8 Å². The predicted molar refractivity (Wildman–Crippen MR) is 113 cm³/mol. The lowest BCUT2D eigenvalue weighted by Crippen LogP contribution is -2.35. The SMILES string of the molecule is O=C(NC[C@@H]1CCC[C@@H](CNC(=O)c2ccc(Cl)cc2)C1)c1ccc(Cl)cc1. The number of hydrogen-bond acceptors (Lipinski definition) is 2. The Bertz CT molecular complexity index is 739. The van der Waals surface area contributed by atoms with Gasteiger partial charge in [0.05, 0.1) is 0 Å². The Labute approximate surface area is 175 Å². The Morgan fingerprint density at radius 2 is 1.14 bits per heavy atom. The summed E-state index contributed by atoms with van der Waals surface area (Å²) in [6.45, 7) is 1.31. The third-order valence-corrected chi connectivity index (χ3v) is 5.71. The first-order chi connectivity index (χ1) is 13.5. The first kappa shape index (κ1) is 20.7. The molecule has 2 aromatic carbocycles. The van der Waals surface area contributed by atoms with Crippen LogP contribution < -0.4 is 10.6 Å². The lowest BCUT2D eigenvalue weighted by Gasteiger charge is -2.29. The van der Waals surface area contributed by atoms with Gasteiger partial charge in [-0.05, 0) is 79.6 Å². The summed E-state index contributed by atoms with van der Waals surface area (Å²) in [6, 6.07) is 13.8. The van der Waals surface area contributed by atoms with Crippen LogP contribution in [0.5, 0.6) is 0 Å². The van der Waals surface area contributed by atoms with E-state index in [4.69, 9.17) is 23.2 Å². The average Bonchev–Trinajstić information content (AvgIpc) is 2.71. The molecule has 0 bridgehead atoms. The molecule has 0 aliphatic heterocycles. The smallest absolute Gasteiger partial charge is 0.251 e.